The third kappa shape index (κ3) is 2.30. The van der Waals surface area contributed by atoms with E-state index in [4.69, 9.17) is 0 Å². The molecule has 5 heteroatoms. The molecule has 1 aromatic carbocycles. The van der Waals surface area contributed by atoms with Crippen molar-refractivity contribution >= 4 is 11.7 Å². The summed E-state index contributed by atoms with van der Waals surface area (Å²) in [5.74, 6) is -0.343. The molecule has 0 aliphatic carbocycles. The average molecular weight is 224 g/mol. The van der Waals surface area contributed by atoms with Crippen LogP contribution < -0.4 is 5.32 Å². The molecule has 0 aromatic heterocycles. The van der Waals surface area contributed by atoms with E-state index in [-0.39, 0.29) is 11.8 Å². The summed E-state index contributed by atoms with van der Waals surface area (Å²) in [6.07, 6.45) is 0. The molecule has 0 spiro atoms. The summed E-state index contributed by atoms with van der Waals surface area (Å²) >= 11 is 0. The first-order valence-corrected chi connectivity index (χ1v) is 5.00. The number of aliphatic hydroxyl groups is 1. The molecule has 16 heavy (non-hydrogen) atoms. The molecule has 1 aliphatic rings. The van der Waals surface area contributed by atoms with Gasteiger partial charge in [0.25, 0.3) is 0 Å². The van der Waals surface area contributed by atoms with Crippen molar-refractivity contribution in [2.75, 3.05) is 18.4 Å². The first kappa shape index (κ1) is 10.9. The highest BCUT2D eigenvalue weighted by Crippen LogP contribution is 2.20. The van der Waals surface area contributed by atoms with Crippen LogP contribution in [0.25, 0.3) is 0 Å². The van der Waals surface area contributed by atoms with Gasteiger partial charge in [0, 0.05) is 5.69 Å². The van der Waals surface area contributed by atoms with Gasteiger partial charge in [0.05, 0.1) is 18.7 Å². The van der Waals surface area contributed by atoms with Gasteiger partial charge >= 0.3 is 6.03 Å². The van der Waals surface area contributed by atoms with Crippen LogP contribution >= 0.6 is 0 Å². The zero-order valence-electron chi connectivity index (χ0n) is 8.90. The normalized spacial score (nSPS) is 17.8. The minimum Gasteiger partial charge on any atom is -0.386 e. The zero-order valence-corrected chi connectivity index (χ0v) is 8.90. The van der Waals surface area contributed by atoms with Gasteiger partial charge in [0.2, 0.25) is 0 Å². The van der Waals surface area contributed by atoms with E-state index < -0.39 is 5.60 Å². The van der Waals surface area contributed by atoms with Gasteiger partial charge in [-0.05, 0) is 31.2 Å². The van der Waals surface area contributed by atoms with Crippen LogP contribution in [0.15, 0.2) is 24.3 Å². The number of nitrogens with one attached hydrogen (secondary N) is 1. The molecular weight excluding hydrogens is 211 g/mol. The molecule has 0 radical (unpaired) electrons. The summed E-state index contributed by atoms with van der Waals surface area (Å²) < 4.78 is 12.6. The van der Waals surface area contributed by atoms with E-state index in [1.807, 2.05) is 0 Å². The van der Waals surface area contributed by atoms with Gasteiger partial charge in [-0.15, -0.1) is 0 Å². The van der Waals surface area contributed by atoms with Crippen LogP contribution in [-0.2, 0) is 0 Å². The number of β-amino-alcohol motifs (C(OH)–C–C–N with tert-alkyl or cyclic N) is 1. The maximum absolute atomic E-state index is 12.6. The van der Waals surface area contributed by atoms with Gasteiger partial charge in [-0.2, -0.15) is 0 Å². The van der Waals surface area contributed by atoms with E-state index in [1.165, 1.54) is 29.2 Å². The first-order chi connectivity index (χ1) is 7.46. The Balaban J connectivity index is 1.91. The number of amides is 2. The van der Waals surface area contributed by atoms with E-state index in [1.54, 1.807) is 6.92 Å². The van der Waals surface area contributed by atoms with Crippen LogP contribution in [0.4, 0.5) is 14.9 Å². The second-order valence-electron chi connectivity index (χ2n) is 4.29. The van der Waals surface area contributed by atoms with E-state index in [2.05, 4.69) is 5.32 Å². The number of halogens is 1. The Bertz CT molecular complexity index is 395. The van der Waals surface area contributed by atoms with Crippen molar-refractivity contribution in [3.8, 4) is 0 Å². The second kappa shape index (κ2) is 3.75. The molecule has 1 aliphatic heterocycles. The molecule has 0 unspecified atom stereocenters. The zero-order chi connectivity index (χ0) is 11.8. The summed E-state index contributed by atoms with van der Waals surface area (Å²) in [5, 5.41) is 12.1. The third-order valence-corrected chi connectivity index (χ3v) is 2.45. The lowest BCUT2D eigenvalue weighted by Gasteiger charge is -2.43. The van der Waals surface area contributed by atoms with Crippen LogP contribution in [0.2, 0.25) is 0 Å². The summed E-state index contributed by atoms with van der Waals surface area (Å²) in [6, 6.07) is 5.26. The summed E-state index contributed by atoms with van der Waals surface area (Å²) in [4.78, 5) is 13.1. The molecule has 1 fully saturated rings. The second-order valence-corrected chi connectivity index (χ2v) is 4.29. The number of benzene rings is 1. The Kier molecular flexibility index (Phi) is 2.55. The van der Waals surface area contributed by atoms with E-state index in [0.717, 1.165) is 0 Å². The highest BCUT2D eigenvalue weighted by atomic mass is 19.1. The van der Waals surface area contributed by atoms with E-state index in [0.29, 0.717) is 18.8 Å². The van der Waals surface area contributed by atoms with Crippen molar-refractivity contribution in [3.63, 3.8) is 0 Å². The molecule has 1 saturated heterocycles. The number of carbonyl (C=O) groups is 1. The first-order valence-electron chi connectivity index (χ1n) is 5.00. The smallest absolute Gasteiger partial charge is 0.322 e. The van der Waals surface area contributed by atoms with Crippen molar-refractivity contribution in [1.82, 2.24) is 4.90 Å². The lowest BCUT2D eigenvalue weighted by Crippen LogP contribution is -2.62. The predicted molar refractivity (Wildman–Crippen MR) is 57.6 cm³/mol. The predicted octanol–water partition coefficient (Wildman–Crippen LogP) is 1.42. The molecular formula is C11H13FN2O2. The fourth-order valence-corrected chi connectivity index (χ4v) is 1.66. The molecule has 4 nitrogen and oxygen atoms in total. The number of likely N-dealkylation sites (tertiary alicyclic amines) is 1. The monoisotopic (exact) mass is 224 g/mol. The van der Waals surface area contributed by atoms with Crippen LogP contribution in [0.1, 0.15) is 6.92 Å². The molecule has 1 heterocycles. The van der Waals surface area contributed by atoms with E-state index in [9.17, 15) is 14.3 Å². The minimum absolute atomic E-state index is 0.280. The summed E-state index contributed by atoms with van der Waals surface area (Å²) in [6.45, 7) is 2.31. The van der Waals surface area contributed by atoms with Crippen molar-refractivity contribution in [3.05, 3.63) is 30.1 Å². The molecule has 1 aromatic rings. The van der Waals surface area contributed by atoms with Gasteiger partial charge in [-0.1, -0.05) is 0 Å². The van der Waals surface area contributed by atoms with Crippen molar-refractivity contribution in [2.45, 2.75) is 12.5 Å². The topological polar surface area (TPSA) is 52.6 Å². The van der Waals surface area contributed by atoms with Gasteiger partial charge in [-0.3, -0.25) is 0 Å². The average Bonchev–Trinajstić information content (AvgIpc) is 2.18. The molecule has 2 amide bonds. The fourth-order valence-electron chi connectivity index (χ4n) is 1.66. The van der Waals surface area contributed by atoms with Crippen LogP contribution in [0.5, 0.6) is 0 Å². The number of anilines is 1. The lowest BCUT2D eigenvalue weighted by atomic mass is 9.98. The minimum atomic E-state index is -0.778. The van der Waals surface area contributed by atoms with Crippen molar-refractivity contribution in [2.24, 2.45) is 0 Å². The lowest BCUT2D eigenvalue weighted by molar-refractivity contribution is -0.0581. The van der Waals surface area contributed by atoms with Crippen molar-refractivity contribution < 1.29 is 14.3 Å². The Morgan fingerprint density at radius 2 is 2.00 bits per heavy atom. The highest BCUT2D eigenvalue weighted by Gasteiger charge is 2.39. The molecule has 2 N–H and O–H groups in total. The summed E-state index contributed by atoms with van der Waals surface area (Å²) in [5.41, 5.74) is -0.238. The molecule has 0 bridgehead atoms. The molecule has 0 saturated carbocycles. The van der Waals surface area contributed by atoms with Gasteiger partial charge in [0.15, 0.2) is 0 Å². The SMILES string of the molecule is CC1(O)CN(C(=O)Nc2ccc(F)cc2)C1. The number of nitrogens with zero attached hydrogens (tertiary/aromatic N) is 1. The molecule has 0 atom stereocenters. The van der Waals surface area contributed by atoms with Gasteiger partial charge in [0.1, 0.15) is 5.82 Å². The third-order valence-electron chi connectivity index (χ3n) is 2.45. The van der Waals surface area contributed by atoms with Crippen molar-refractivity contribution in [1.29, 1.82) is 0 Å². The quantitative estimate of drug-likeness (QED) is 0.758. The number of hydrogen-bond acceptors (Lipinski definition) is 2. The standard InChI is InChI=1S/C11H13FN2O2/c1-11(16)6-14(7-11)10(15)13-9-4-2-8(12)3-5-9/h2-5,16H,6-7H2,1H3,(H,13,15). The highest BCUT2D eigenvalue weighted by molar-refractivity contribution is 5.90. The number of rotatable bonds is 1. The Morgan fingerprint density at radius 3 is 2.50 bits per heavy atom. The number of urea groups is 1. The Morgan fingerprint density at radius 1 is 1.44 bits per heavy atom. The van der Waals surface area contributed by atoms with E-state index >= 15 is 0 Å². The van der Waals surface area contributed by atoms with Gasteiger partial charge < -0.3 is 15.3 Å². The fraction of sp³-hybridized carbons (Fsp3) is 0.364. The van der Waals surface area contributed by atoms with Crippen LogP contribution in [0.3, 0.4) is 0 Å². The maximum Gasteiger partial charge on any atom is 0.322 e. The number of hydrogen-bond donors (Lipinski definition) is 2. The molecule has 2 rings (SSSR count). The maximum atomic E-state index is 12.6. The Hall–Kier alpha value is -1.62. The summed E-state index contributed by atoms with van der Waals surface area (Å²) in [7, 11) is 0. The van der Waals surface area contributed by atoms with Gasteiger partial charge in [-0.25, -0.2) is 9.18 Å². The largest absolute Gasteiger partial charge is 0.386 e. The van der Waals surface area contributed by atoms with Crippen LogP contribution in [-0.4, -0.2) is 34.7 Å². The number of carbonyl (C=O) groups excluding carboxylic acids is 1. The Labute approximate surface area is 92.7 Å². The molecule has 86 valence electrons. The van der Waals surface area contributed by atoms with Crippen LogP contribution in [0, 0.1) is 5.82 Å².